The van der Waals surface area contributed by atoms with Crippen molar-refractivity contribution in [2.45, 2.75) is 38.1 Å². The molecular weight excluding hydrogens is 182 g/mol. The van der Waals surface area contributed by atoms with Crippen LogP contribution in [0, 0.1) is 0 Å². The molecule has 0 amide bonds. The Morgan fingerprint density at radius 1 is 1.33 bits per heavy atom. The van der Waals surface area contributed by atoms with Gasteiger partial charge in [0.05, 0.1) is 0 Å². The SMILES string of the molecule is C=C1CCCC2C(C)c3ccccc3N12. The predicted octanol–water partition coefficient (Wildman–Crippen LogP) is 3.68. The summed E-state index contributed by atoms with van der Waals surface area (Å²) in [4.78, 5) is 2.48. The Bertz CT molecular complexity index is 408. The Labute approximate surface area is 91.4 Å². The molecule has 0 aliphatic carbocycles. The molecule has 1 nitrogen and oxygen atoms in total. The van der Waals surface area contributed by atoms with Crippen molar-refractivity contribution >= 4 is 5.69 Å². The summed E-state index contributed by atoms with van der Waals surface area (Å²) in [6, 6.07) is 9.46. The first-order valence-corrected chi connectivity index (χ1v) is 5.85. The molecule has 0 bridgehead atoms. The fourth-order valence-corrected chi connectivity index (χ4v) is 3.12. The zero-order valence-corrected chi connectivity index (χ0v) is 9.24. The maximum absolute atomic E-state index is 4.22. The molecule has 2 aliphatic heterocycles. The Balaban J connectivity index is 2.12. The fourth-order valence-electron chi connectivity index (χ4n) is 3.12. The first-order valence-electron chi connectivity index (χ1n) is 5.85. The van der Waals surface area contributed by atoms with Gasteiger partial charge < -0.3 is 4.90 Å². The van der Waals surface area contributed by atoms with Crippen molar-refractivity contribution in [3.63, 3.8) is 0 Å². The minimum atomic E-state index is 0.665. The van der Waals surface area contributed by atoms with E-state index in [1.54, 1.807) is 0 Å². The molecule has 2 unspecified atom stereocenters. The fraction of sp³-hybridized carbons (Fsp3) is 0.429. The second kappa shape index (κ2) is 3.13. The Morgan fingerprint density at radius 2 is 2.13 bits per heavy atom. The van der Waals surface area contributed by atoms with Gasteiger partial charge in [-0.05, 0) is 30.9 Å². The van der Waals surface area contributed by atoms with E-state index in [2.05, 4.69) is 42.7 Å². The quantitative estimate of drug-likeness (QED) is 0.616. The van der Waals surface area contributed by atoms with Crippen LogP contribution in [0.15, 0.2) is 36.5 Å². The number of hydrogen-bond donors (Lipinski definition) is 0. The summed E-state index contributed by atoms with van der Waals surface area (Å²) in [5, 5.41) is 0. The van der Waals surface area contributed by atoms with Gasteiger partial charge in [-0.2, -0.15) is 0 Å². The summed E-state index contributed by atoms with van der Waals surface area (Å²) in [7, 11) is 0. The van der Waals surface area contributed by atoms with Crippen molar-refractivity contribution in [3.8, 4) is 0 Å². The molecule has 1 aromatic rings. The molecule has 0 saturated carbocycles. The van der Waals surface area contributed by atoms with Gasteiger partial charge in [-0.3, -0.25) is 0 Å². The molecule has 0 aromatic heterocycles. The van der Waals surface area contributed by atoms with Crippen molar-refractivity contribution < 1.29 is 0 Å². The third-order valence-electron chi connectivity index (χ3n) is 3.90. The van der Waals surface area contributed by atoms with E-state index in [1.807, 2.05) is 0 Å². The van der Waals surface area contributed by atoms with Crippen LogP contribution in [0.4, 0.5) is 5.69 Å². The minimum absolute atomic E-state index is 0.665. The predicted molar refractivity (Wildman–Crippen MR) is 64.1 cm³/mol. The van der Waals surface area contributed by atoms with Crippen LogP contribution in [0.25, 0.3) is 0 Å². The Hall–Kier alpha value is -1.24. The van der Waals surface area contributed by atoms with Gasteiger partial charge in [0.2, 0.25) is 0 Å². The molecule has 0 spiro atoms. The third kappa shape index (κ3) is 1.16. The van der Waals surface area contributed by atoms with Crippen LogP contribution in [0.1, 0.15) is 37.7 Å². The van der Waals surface area contributed by atoms with Gasteiger partial charge in [0, 0.05) is 23.3 Å². The molecule has 78 valence electrons. The van der Waals surface area contributed by atoms with E-state index >= 15 is 0 Å². The maximum Gasteiger partial charge on any atom is 0.0446 e. The number of allylic oxidation sites excluding steroid dienone is 1. The molecule has 0 N–H and O–H groups in total. The number of anilines is 1. The monoisotopic (exact) mass is 199 g/mol. The standard InChI is InChI=1S/C14H17N/c1-10-6-5-9-13-11(2)12-7-3-4-8-14(12)15(10)13/h3-4,7-8,11,13H,1,5-6,9H2,2H3. The molecule has 1 aromatic carbocycles. The van der Waals surface area contributed by atoms with Gasteiger partial charge >= 0.3 is 0 Å². The van der Waals surface area contributed by atoms with Crippen LogP contribution in [0.3, 0.4) is 0 Å². The summed E-state index contributed by atoms with van der Waals surface area (Å²) < 4.78 is 0. The van der Waals surface area contributed by atoms with Gasteiger partial charge in [0.1, 0.15) is 0 Å². The summed E-state index contributed by atoms with van der Waals surface area (Å²) in [5.41, 5.74) is 4.22. The average molecular weight is 199 g/mol. The highest BCUT2D eigenvalue weighted by Gasteiger charge is 2.38. The lowest BCUT2D eigenvalue weighted by atomic mass is 9.91. The molecule has 1 heteroatoms. The number of rotatable bonds is 0. The lowest BCUT2D eigenvalue weighted by molar-refractivity contribution is 0.477. The normalized spacial score (nSPS) is 28.9. The molecular formula is C14H17N. The molecule has 15 heavy (non-hydrogen) atoms. The van der Waals surface area contributed by atoms with Crippen molar-refractivity contribution in [1.29, 1.82) is 0 Å². The summed E-state index contributed by atoms with van der Waals surface area (Å²) in [6.07, 6.45) is 3.78. The van der Waals surface area contributed by atoms with Crippen molar-refractivity contribution in [2.75, 3.05) is 4.90 Å². The topological polar surface area (TPSA) is 3.24 Å². The molecule has 3 rings (SSSR count). The summed E-state index contributed by atoms with van der Waals surface area (Å²) in [5.74, 6) is 0.665. The number of nitrogens with zero attached hydrogens (tertiary/aromatic N) is 1. The van der Waals surface area contributed by atoms with E-state index < -0.39 is 0 Å². The lowest BCUT2D eigenvalue weighted by Gasteiger charge is -2.35. The number of piperidine rings is 1. The molecule has 2 atom stereocenters. The van der Waals surface area contributed by atoms with Crippen molar-refractivity contribution in [3.05, 3.63) is 42.1 Å². The van der Waals surface area contributed by atoms with E-state index in [4.69, 9.17) is 0 Å². The largest absolute Gasteiger partial charge is 0.342 e. The minimum Gasteiger partial charge on any atom is -0.342 e. The number of hydrogen-bond acceptors (Lipinski definition) is 1. The summed E-state index contributed by atoms with van der Waals surface area (Å²) >= 11 is 0. The number of para-hydroxylation sites is 1. The lowest BCUT2D eigenvalue weighted by Crippen LogP contribution is -2.35. The van der Waals surface area contributed by atoms with Gasteiger partial charge in [-0.1, -0.05) is 31.7 Å². The first-order chi connectivity index (χ1) is 7.29. The highest BCUT2D eigenvalue weighted by molar-refractivity contribution is 5.65. The van der Waals surface area contributed by atoms with Crippen LogP contribution in [-0.2, 0) is 0 Å². The Morgan fingerprint density at radius 3 is 3.00 bits per heavy atom. The average Bonchev–Trinajstić information content (AvgIpc) is 2.55. The molecule has 2 aliphatic rings. The zero-order valence-electron chi connectivity index (χ0n) is 9.24. The van der Waals surface area contributed by atoms with Gasteiger partial charge in [0.25, 0.3) is 0 Å². The number of fused-ring (bicyclic) bond motifs is 3. The van der Waals surface area contributed by atoms with Gasteiger partial charge in [0.15, 0.2) is 0 Å². The van der Waals surface area contributed by atoms with E-state index in [0.29, 0.717) is 12.0 Å². The molecule has 1 saturated heterocycles. The van der Waals surface area contributed by atoms with E-state index in [9.17, 15) is 0 Å². The van der Waals surface area contributed by atoms with E-state index in [-0.39, 0.29) is 0 Å². The molecule has 1 fully saturated rings. The van der Waals surface area contributed by atoms with E-state index in [0.717, 1.165) is 6.42 Å². The summed E-state index contributed by atoms with van der Waals surface area (Å²) in [6.45, 7) is 6.57. The first kappa shape index (κ1) is 9.02. The van der Waals surface area contributed by atoms with E-state index in [1.165, 1.54) is 29.8 Å². The smallest absolute Gasteiger partial charge is 0.0446 e. The Kier molecular flexibility index (Phi) is 1.88. The van der Waals surface area contributed by atoms with Crippen molar-refractivity contribution in [2.24, 2.45) is 0 Å². The van der Waals surface area contributed by atoms with Crippen LogP contribution in [0.2, 0.25) is 0 Å². The van der Waals surface area contributed by atoms with Gasteiger partial charge in [-0.15, -0.1) is 0 Å². The maximum atomic E-state index is 4.22. The highest BCUT2D eigenvalue weighted by atomic mass is 15.2. The van der Waals surface area contributed by atoms with Crippen LogP contribution < -0.4 is 4.90 Å². The van der Waals surface area contributed by atoms with Gasteiger partial charge in [-0.25, -0.2) is 0 Å². The van der Waals surface area contributed by atoms with Crippen molar-refractivity contribution in [1.82, 2.24) is 0 Å². The second-order valence-electron chi connectivity index (χ2n) is 4.74. The number of benzene rings is 1. The molecule has 0 radical (unpaired) electrons. The van der Waals surface area contributed by atoms with Crippen LogP contribution in [0.5, 0.6) is 0 Å². The third-order valence-corrected chi connectivity index (χ3v) is 3.90. The zero-order chi connectivity index (χ0) is 10.4. The van der Waals surface area contributed by atoms with Crippen LogP contribution in [-0.4, -0.2) is 6.04 Å². The second-order valence-corrected chi connectivity index (χ2v) is 4.74. The highest BCUT2D eigenvalue weighted by Crippen LogP contribution is 2.46. The molecule has 2 heterocycles. The van der Waals surface area contributed by atoms with Crippen LogP contribution >= 0.6 is 0 Å².